The van der Waals surface area contributed by atoms with Crippen molar-refractivity contribution in [2.45, 2.75) is 13.0 Å². The van der Waals surface area contributed by atoms with Crippen LogP contribution in [-0.4, -0.2) is 12.1 Å². The Morgan fingerprint density at radius 3 is 2.80 bits per heavy atom. The first-order valence-electron chi connectivity index (χ1n) is 6.00. The normalized spacial score (nSPS) is 10.6. The van der Waals surface area contributed by atoms with E-state index < -0.39 is 6.43 Å². The summed E-state index contributed by atoms with van der Waals surface area (Å²) in [6.07, 6.45) is -0.972. The summed E-state index contributed by atoms with van der Waals surface area (Å²) in [5.41, 5.74) is 6.98. The van der Waals surface area contributed by atoms with E-state index in [1.807, 2.05) is 0 Å². The lowest BCUT2D eigenvalue weighted by atomic mass is 10.1. The first-order valence-corrected chi connectivity index (χ1v) is 6.00. The Kier molecular flexibility index (Phi) is 4.34. The minimum atomic E-state index is -2.58. The van der Waals surface area contributed by atoms with Crippen molar-refractivity contribution in [2.24, 2.45) is 0 Å². The Labute approximate surface area is 115 Å². The number of nitrogens with two attached hydrogens (primary N) is 1. The zero-order valence-corrected chi connectivity index (χ0v) is 10.9. The molecule has 1 aromatic heterocycles. The van der Waals surface area contributed by atoms with Gasteiger partial charge in [0.05, 0.1) is 7.11 Å². The van der Waals surface area contributed by atoms with Crippen molar-refractivity contribution in [3.05, 3.63) is 47.7 Å². The molecule has 6 heteroatoms. The van der Waals surface area contributed by atoms with Crippen molar-refractivity contribution in [2.75, 3.05) is 18.2 Å². The number of methoxy groups -OCH3 is 1. The van der Waals surface area contributed by atoms with Gasteiger partial charge in [0.15, 0.2) is 0 Å². The fraction of sp³-hybridized carbons (Fsp3) is 0.214. The zero-order chi connectivity index (χ0) is 14.5. The highest BCUT2D eigenvalue weighted by molar-refractivity contribution is 5.58. The molecule has 0 atom stereocenters. The number of hydrogen-bond acceptors (Lipinski definition) is 4. The van der Waals surface area contributed by atoms with E-state index in [2.05, 4.69) is 10.3 Å². The van der Waals surface area contributed by atoms with Crippen LogP contribution in [0.1, 0.15) is 17.6 Å². The molecule has 4 nitrogen and oxygen atoms in total. The van der Waals surface area contributed by atoms with Gasteiger partial charge in [0.25, 0.3) is 6.43 Å². The van der Waals surface area contributed by atoms with Crippen molar-refractivity contribution in [3.63, 3.8) is 0 Å². The highest BCUT2D eigenvalue weighted by atomic mass is 19.3. The van der Waals surface area contributed by atoms with Crippen LogP contribution in [0.15, 0.2) is 36.5 Å². The van der Waals surface area contributed by atoms with E-state index in [1.54, 1.807) is 30.5 Å². The number of hydrogen-bond donors (Lipinski definition) is 2. The molecule has 0 saturated carbocycles. The third-order valence-electron chi connectivity index (χ3n) is 2.80. The lowest BCUT2D eigenvalue weighted by molar-refractivity contribution is 0.152. The summed E-state index contributed by atoms with van der Waals surface area (Å²) in [5, 5.41) is 2.97. The smallest absolute Gasteiger partial charge is 0.265 e. The number of halogens is 2. The maximum absolute atomic E-state index is 12.9. The van der Waals surface area contributed by atoms with Crippen LogP contribution in [-0.2, 0) is 6.54 Å². The summed E-state index contributed by atoms with van der Waals surface area (Å²) in [6.45, 7) is 0.391. The number of pyridine rings is 1. The van der Waals surface area contributed by atoms with Crippen LogP contribution in [0.2, 0.25) is 0 Å². The van der Waals surface area contributed by atoms with Gasteiger partial charge in [-0.2, -0.15) is 0 Å². The van der Waals surface area contributed by atoms with Gasteiger partial charge >= 0.3 is 0 Å². The number of benzene rings is 1. The molecule has 0 amide bonds. The zero-order valence-electron chi connectivity index (χ0n) is 10.9. The highest BCUT2D eigenvalue weighted by Crippen LogP contribution is 2.29. The number of aromatic nitrogens is 1. The third-order valence-corrected chi connectivity index (χ3v) is 2.80. The molecule has 0 aliphatic heterocycles. The maximum Gasteiger partial charge on any atom is 0.265 e. The van der Waals surface area contributed by atoms with Crippen molar-refractivity contribution in [1.29, 1.82) is 0 Å². The molecule has 0 saturated heterocycles. The Balaban J connectivity index is 2.14. The van der Waals surface area contributed by atoms with Crippen LogP contribution in [0.3, 0.4) is 0 Å². The van der Waals surface area contributed by atoms with E-state index in [0.29, 0.717) is 23.8 Å². The van der Waals surface area contributed by atoms with Crippen molar-refractivity contribution in [3.8, 4) is 5.88 Å². The van der Waals surface area contributed by atoms with Gasteiger partial charge < -0.3 is 15.8 Å². The molecule has 0 fully saturated rings. The molecular formula is C14H15F2N3O. The quantitative estimate of drug-likeness (QED) is 0.825. The molecule has 0 spiro atoms. The predicted molar refractivity (Wildman–Crippen MR) is 73.9 cm³/mol. The van der Waals surface area contributed by atoms with E-state index in [1.165, 1.54) is 13.2 Å². The lowest BCUT2D eigenvalue weighted by Gasteiger charge is -2.12. The van der Waals surface area contributed by atoms with E-state index in [4.69, 9.17) is 10.5 Å². The van der Waals surface area contributed by atoms with Crippen LogP contribution in [0.4, 0.5) is 20.2 Å². The number of anilines is 2. The SMILES string of the molecule is COc1cc(CNc2ccc(N)cc2C(F)F)ccn1. The van der Waals surface area contributed by atoms with Gasteiger partial charge in [0.1, 0.15) is 0 Å². The molecule has 0 radical (unpaired) electrons. The van der Waals surface area contributed by atoms with Crippen LogP contribution in [0, 0.1) is 0 Å². The molecule has 20 heavy (non-hydrogen) atoms. The molecule has 0 aliphatic carbocycles. The van der Waals surface area contributed by atoms with Crippen molar-refractivity contribution in [1.82, 2.24) is 4.98 Å². The summed E-state index contributed by atoms with van der Waals surface area (Å²) in [5.74, 6) is 0.482. The standard InChI is InChI=1S/C14H15F2N3O/c1-20-13-6-9(4-5-18-13)8-19-12-3-2-10(17)7-11(12)14(15)16/h2-7,14,19H,8,17H2,1H3. The third kappa shape index (κ3) is 3.34. The fourth-order valence-electron chi connectivity index (χ4n) is 1.79. The number of nitrogens with one attached hydrogen (secondary N) is 1. The van der Waals surface area contributed by atoms with Gasteiger partial charge in [-0.1, -0.05) is 0 Å². The van der Waals surface area contributed by atoms with E-state index in [9.17, 15) is 8.78 Å². The van der Waals surface area contributed by atoms with E-state index in [0.717, 1.165) is 5.56 Å². The van der Waals surface area contributed by atoms with Crippen LogP contribution >= 0.6 is 0 Å². The summed E-state index contributed by atoms with van der Waals surface area (Å²) in [4.78, 5) is 3.98. The predicted octanol–water partition coefficient (Wildman–Crippen LogP) is 3.22. The monoisotopic (exact) mass is 279 g/mol. The second kappa shape index (κ2) is 6.18. The van der Waals surface area contributed by atoms with Gasteiger partial charge in [0, 0.05) is 35.7 Å². The van der Waals surface area contributed by atoms with E-state index in [-0.39, 0.29) is 5.56 Å². The first-order chi connectivity index (χ1) is 9.60. The molecule has 0 unspecified atom stereocenters. The summed E-state index contributed by atoms with van der Waals surface area (Å²) in [7, 11) is 1.52. The molecule has 3 N–H and O–H groups in total. The molecule has 2 aromatic rings. The summed E-state index contributed by atoms with van der Waals surface area (Å²) >= 11 is 0. The minimum absolute atomic E-state index is 0.106. The Morgan fingerprint density at radius 2 is 2.10 bits per heavy atom. The Hall–Kier alpha value is -2.37. The topological polar surface area (TPSA) is 60.2 Å². The molecule has 0 aliphatic rings. The fourth-order valence-corrected chi connectivity index (χ4v) is 1.79. The number of nitrogen functional groups attached to an aromatic ring is 1. The first kappa shape index (κ1) is 14.0. The van der Waals surface area contributed by atoms with E-state index >= 15 is 0 Å². The van der Waals surface area contributed by atoms with Crippen LogP contribution in [0.5, 0.6) is 5.88 Å². The average molecular weight is 279 g/mol. The van der Waals surface area contributed by atoms with Gasteiger partial charge in [-0.05, 0) is 29.8 Å². The van der Waals surface area contributed by atoms with Gasteiger partial charge in [-0.25, -0.2) is 13.8 Å². The number of ether oxygens (including phenoxy) is 1. The number of alkyl halides is 2. The van der Waals surface area contributed by atoms with Crippen LogP contribution in [0.25, 0.3) is 0 Å². The molecular weight excluding hydrogens is 264 g/mol. The van der Waals surface area contributed by atoms with Crippen LogP contribution < -0.4 is 15.8 Å². The maximum atomic E-state index is 12.9. The van der Waals surface area contributed by atoms with Gasteiger partial charge in [-0.3, -0.25) is 0 Å². The molecule has 106 valence electrons. The van der Waals surface area contributed by atoms with Crippen molar-refractivity contribution < 1.29 is 13.5 Å². The van der Waals surface area contributed by atoms with Crippen molar-refractivity contribution >= 4 is 11.4 Å². The van der Waals surface area contributed by atoms with Gasteiger partial charge in [-0.15, -0.1) is 0 Å². The second-order valence-electron chi connectivity index (χ2n) is 4.21. The molecule has 1 heterocycles. The molecule has 1 aromatic carbocycles. The summed E-state index contributed by atoms with van der Waals surface area (Å²) in [6, 6.07) is 7.94. The number of rotatable bonds is 5. The summed E-state index contributed by atoms with van der Waals surface area (Å²) < 4.78 is 30.9. The minimum Gasteiger partial charge on any atom is -0.481 e. The lowest BCUT2D eigenvalue weighted by Crippen LogP contribution is -2.04. The Morgan fingerprint density at radius 1 is 1.30 bits per heavy atom. The largest absolute Gasteiger partial charge is 0.481 e. The Bertz CT molecular complexity index is 590. The number of nitrogens with zero attached hydrogens (tertiary/aromatic N) is 1. The molecule has 2 rings (SSSR count). The second-order valence-corrected chi connectivity index (χ2v) is 4.21. The van der Waals surface area contributed by atoms with Gasteiger partial charge in [0.2, 0.25) is 5.88 Å². The average Bonchev–Trinajstić information content (AvgIpc) is 2.46. The molecule has 0 bridgehead atoms. The highest BCUT2D eigenvalue weighted by Gasteiger charge is 2.13.